The molecule has 0 fully saturated rings. The van der Waals surface area contributed by atoms with Gasteiger partial charge in [0.1, 0.15) is 0 Å². The summed E-state index contributed by atoms with van der Waals surface area (Å²) >= 11 is 0. The lowest BCUT2D eigenvalue weighted by molar-refractivity contribution is 0.505. The number of fused-ring (bicyclic) bond motifs is 1. The first kappa shape index (κ1) is 15.5. The second-order valence-corrected chi connectivity index (χ2v) is 8.65. The van der Waals surface area contributed by atoms with E-state index in [9.17, 15) is 8.42 Å². The molecule has 1 aromatic carbocycles. The fourth-order valence-electron chi connectivity index (χ4n) is 2.77. The predicted molar refractivity (Wildman–Crippen MR) is 82.8 cm³/mol. The van der Waals surface area contributed by atoms with E-state index in [-0.39, 0.29) is 17.2 Å². The van der Waals surface area contributed by atoms with Gasteiger partial charge in [-0.25, -0.2) is 8.42 Å². The Morgan fingerprint density at radius 2 is 2.00 bits per heavy atom. The second kappa shape index (κ2) is 5.49. The molecule has 1 unspecified atom stereocenters. The number of rotatable bonds is 2. The minimum Gasteiger partial charge on any atom is -0.310 e. The van der Waals surface area contributed by atoms with Crippen molar-refractivity contribution < 1.29 is 8.42 Å². The summed E-state index contributed by atoms with van der Waals surface area (Å²) < 4.78 is 24.8. The average molecular weight is 295 g/mol. The van der Waals surface area contributed by atoms with Crippen LogP contribution in [0.25, 0.3) is 0 Å². The minimum absolute atomic E-state index is 0.0296. The topological polar surface area (TPSA) is 46.2 Å². The largest absolute Gasteiger partial charge is 0.310 e. The lowest BCUT2D eigenvalue weighted by Gasteiger charge is -2.24. The van der Waals surface area contributed by atoms with E-state index in [1.807, 2.05) is 6.07 Å². The molecule has 0 aliphatic carbocycles. The molecule has 1 atom stereocenters. The quantitative estimate of drug-likeness (QED) is 0.911. The van der Waals surface area contributed by atoms with Crippen LogP contribution in [0.3, 0.4) is 0 Å². The molecule has 0 aromatic heterocycles. The molecule has 1 heterocycles. The van der Waals surface area contributed by atoms with E-state index in [0.717, 1.165) is 24.9 Å². The Hall–Kier alpha value is -0.870. The minimum atomic E-state index is -3.13. The van der Waals surface area contributed by atoms with Crippen molar-refractivity contribution in [3.05, 3.63) is 29.3 Å². The van der Waals surface area contributed by atoms with Crippen LogP contribution in [-0.4, -0.2) is 20.7 Å². The standard InChI is InChI=1S/C16H25NO2S/c1-5-17-14-7-6-10-20(18,19)15-9-8-12(11-13(14)15)16(2,3)4/h8-9,11,14,17H,5-7,10H2,1-4H3. The molecule has 1 aliphatic heterocycles. The number of nitrogens with one attached hydrogen (secondary N) is 1. The van der Waals surface area contributed by atoms with E-state index in [2.05, 4.69) is 39.1 Å². The Bertz CT molecular complexity index is 585. The molecule has 0 saturated carbocycles. The van der Waals surface area contributed by atoms with Gasteiger partial charge in [0.05, 0.1) is 10.6 Å². The van der Waals surface area contributed by atoms with Crippen molar-refractivity contribution in [3.8, 4) is 0 Å². The maximum Gasteiger partial charge on any atom is 0.178 e. The molecular formula is C16H25NO2S. The maximum atomic E-state index is 12.4. The van der Waals surface area contributed by atoms with Gasteiger partial charge in [-0.2, -0.15) is 0 Å². The normalized spacial score (nSPS) is 22.1. The Morgan fingerprint density at radius 3 is 2.60 bits per heavy atom. The van der Waals surface area contributed by atoms with Crippen LogP contribution in [0.5, 0.6) is 0 Å². The summed E-state index contributed by atoms with van der Waals surface area (Å²) in [4.78, 5) is 0.522. The Kier molecular flexibility index (Phi) is 4.26. The van der Waals surface area contributed by atoms with Crippen LogP contribution < -0.4 is 5.32 Å². The lowest BCUT2D eigenvalue weighted by atomic mass is 9.85. The van der Waals surface area contributed by atoms with Crippen molar-refractivity contribution >= 4 is 9.84 Å². The molecule has 4 heteroatoms. The van der Waals surface area contributed by atoms with Crippen LogP contribution in [0, 0.1) is 0 Å². The molecule has 2 rings (SSSR count). The number of sulfone groups is 1. The predicted octanol–water partition coefficient (Wildman–Crippen LogP) is 3.20. The van der Waals surface area contributed by atoms with Gasteiger partial charge in [-0.3, -0.25) is 0 Å². The molecule has 0 amide bonds. The zero-order chi connectivity index (χ0) is 15.0. The van der Waals surface area contributed by atoms with E-state index in [4.69, 9.17) is 0 Å². The zero-order valence-corrected chi connectivity index (χ0v) is 13.7. The number of benzene rings is 1. The van der Waals surface area contributed by atoms with Crippen molar-refractivity contribution in [3.63, 3.8) is 0 Å². The number of hydrogen-bond acceptors (Lipinski definition) is 3. The van der Waals surface area contributed by atoms with Gasteiger partial charge < -0.3 is 5.32 Å². The number of hydrogen-bond donors (Lipinski definition) is 1. The fourth-order valence-corrected chi connectivity index (χ4v) is 4.37. The second-order valence-electron chi connectivity index (χ2n) is 6.57. The first-order chi connectivity index (χ1) is 9.25. The molecule has 0 radical (unpaired) electrons. The highest BCUT2D eigenvalue weighted by molar-refractivity contribution is 7.91. The highest BCUT2D eigenvalue weighted by atomic mass is 32.2. The third-order valence-electron chi connectivity index (χ3n) is 3.94. The van der Waals surface area contributed by atoms with Crippen molar-refractivity contribution in [2.75, 3.05) is 12.3 Å². The summed E-state index contributed by atoms with van der Waals surface area (Å²) in [7, 11) is -3.13. The first-order valence-corrected chi connectivity index (χ1v) is 9.01. The smallest absolute Gasteiger partial charge is 0.178 e. The van der Waals surface area contributed by atoms with E-state index >= 15 is 0 Å². The summed E-state index contributed by atoms with van der Waals surface area (Å²) in [5.41, 5.74) is 2.18. The summed E-state index contributed by atoms with van der Waals surface area (Å²) in [6.07, 6.45) is 1.60. The van der Waals surface area contributed by atoms with Crippen molar-refractivity contribution in [2.45, 2.75) is 56.9 Å². The SMILES string of the molecule is CCNC1CCCS(=O)(=O)c2ccc(C(C)(C)C)cc21. The molecule has 112 valence electrons. The van der Waals surface area contributed by atoms with Crippen molar-refractivity contribution in [1.29, 1.82) is 0 Å². The third kappa shape index (κ3) is 3.07. The van der Waals surface area contributed by atoms with E-state index in [1.54, 1.807) is 6.07 Å². The Balaban J connectivity index is 2.60. The molecule has 3 nitrogen and oxygen atoms in total. The van der Waals surface area contributed by atoms with Crippen LogP contribution in [0.15, 0.2) is 23.1 Å². The van der Waals surface area contributed by atoms with Crippen LogP contribution in [0.2, 0.25) is 0 Å². The summed E-state index contributed by atoms with van der Waals surface area (Å²) in [6, 6.07) is 6.01. The van der Waals surface area contributed by atoms with Gasteiger partial charge in [0.2, 0.25) is 0 Å². The van der Waals surface area contributed by atoms with Crippen LogP contribution >= 0.6 is 0 Å². The summed E-state index contributed by atoms with van der Waals surface area (Å²) in [5, 5.41) is 3.43. The zero-order valence-electron chi connectivity index (χ0n) is 12.9. The first-order valence-electron chi connectivity index (χ1n) is 7.36. The van der Waals surface area contributed by atoms with Crippen molar-refractivity contribution in [2.24, 2.45) is 0 Å². The molecule has 1 aromatic rings. The van der Waals surface area contributed by atoms with E-state index in [1.165, 1.54) is 5.56 Å². The molecule has 1 N–H and O–H groups in total. The third-order valence-corrected chi connectivity index (χ3v) is 5.81. The molecule has 0 saturated heterocycles. The van der Waals surface area contributed by atoms with Gasteiger partial charge in [-0.1, -0.05) is 39.8 Å². The van der Waals surface area contributed by atoms with E-state index in [0.29, 0.717) is 4.90 Å². The van der Waals surface area contributed by atoms with Crippen LogP contribution in [-0.2, 0) is 15.3 Å². The average Bonchev–Trinajstić information content (AvgIpc) is 2.47. The van der Waals surface area contributed by atoms with E-state index < -0.39 is 9.84 Å². The maximum absolute atomic E-state index is 12.4. The highest BCUT2D eigenvalue weighted by Crippen LogP contribution is 2.34. The van der Waals surface area contributed by atoms with Gasteiger partial charge in [0.25, 0.3) is 0 Å². The molecule has 0 spiro atoms. The highest BCUT2D eigenvalue weighted by Gasteiger charge is 2.28. The summed E-state index contributed by atoms with van der Waals surface area (Å²) in [6.45, 7) is 9.38. The molecular weight excluding hydrogens is 270 g/mol. The Labute approximate surface area is 122 Å². The monoisotopic (exact) mass is 295 g/mol. The molecule has 20 heavy (non-hydrogen) atoms. The molecule has 1 aliphatic rings. The van der Waals surface area contributed by atoms with Gasteiger partial charge in [-0.05, 0) is 42.0 Å². The van der Waals surface area contributed by atoms with Gasteiger partial charge in [-0.15, -0.1) is 0 Å². The fraction of sp³-hybridized carbons (Fsp3) is 0.625. The molecule has 0 bridgehead atoms. The Morgan fingerprint density at radius 1 is 1.30 bits per heavy atom. The van der Waals surface area contributed by atoms with Crippen molar-refractivity contribution in [1.82, 2.24) is 5.32 Å². The van der Waals surface area contributed by atoms with Crippen LogP contribution in [0.4, 0.5) is 0 Å². The van der Waals surface area contributed by atoms with Gasteiger partial charge >= 0.3 is 0 Å². The van der Waals surface area contributed by atoms with Gasteiger partial charge in [0, 0.05) is 6.04 Å². The van der Waals surface area contributed by atoms with Gasteiger partial charge in [0.15, 0.2) is 9.84 Å². The lowest BCUT2D eigenvalue weighted by Crippen LogP contribution is -2.22. The summed E-state index contributed by atoms with van der Waals surface area (Å²) in [5.74, 6) is 0.261. The van der Waals surface area contributed by atoms with Crippen LogP contribution in [0.1, 0.15) is 57.7 Å².